The van der Waals surface area contributed by atoms with Crippen LogP contribution >= 0.6 is 11.3 Å². The molecule has 4 nitrogen and oxygen atoms in total. The van der Waals surface area contributed by atoms with Crippen LogP contribution < -0.4 is 11.1 Å². The lowest BCUT2D eigenvalue weighted by atomic mass is 10.1. The number of thiazole rings is 1. The molecule has 2 rings (SSSR count). The molecular formula is C13H17N3OS. The highest BCUT2D eigenvalue weighted by atomic mass is 32.1. The smallest absolute Gasteiger partial charge is 0.251 e. The minimum absolute atomic E-state index is 0.0699. The Bertz CT molecular complexity index is 610. The van der Waals surface area contributed by atoms with Gasteiger partial charge in [-0.3, -0.25) is 4.79 Å². The Morgan fingerprint density at radius 2 is 2.06 bits per heavy atom. The van der Waals surface area contributed by atoms with Crippen LogP contribution in [0.4, 0.5) is 5.13 Å². The molecule has 0 aliphatic carbocycles. The molecule has 1 aromatic heterocycles. The number of nitrogen functional groups attached to an aromatic ring is 1. The van der Waals surface area contributed by atoms with Crippen molar-refractivity contribution in [1.82, 2.24) is 10.3 Å². The highest BCUT2D eigenvalue weighted by Gasteiger charge is 2.17. The fraction of sp³-hybridized carbons (Fsp3) is 0.385. The molecule has 0 aliphatic heterocycles. The van der Waals surface area contributed by atoms with Crippen molar-refractivity contribution in [2.45, 2.75) is 33.2 Å². The summed E-state index contributed by atoms with van der Waals surface area (Å²) in [4.78, 5) is 16.4. The number of carbonyl (C=O) groups excluding carboxylic acids is 1. The van der Waals surface area contributed by atoms with Gasteiger partial charge in [-0.2, -0.15) is 0 Å². The predicted molar refractivity (Wildman–Crippen MR) is 76.0 cm³/mol. The summed E-state index contributed by atoms with van der Waals surface area (Å²) in [6.45, 7) is 7.82. The van der Waals surface area contributed by atoms with Crippen LogP contribution in [-0.2, 0) is 0 Å². The molecule has 0 atom stereocenters. The van der Waals surface area contributed by atoms with Crippen molar-refractivity contribution < 1.29 is 4.79 Å². The summed E-state index contributed by atoms with van der Waals surface area (Å²) < 4.78 is 0.951. The molecule has 1 heterocycles. The first-order valence-electron chi connectivity index (χ1n) is 5.75. The van der Waals surface area contributed by atoms with E-state index in [9.17, 15) is 4.79 Å². The second-order valence-corrected chi connectivity index (χ2v) is 6.46. The zero-order valence-corrected chi connectivity index (χ0v) is 11.8. The van der Waals surface area contributed by atoms with Crippen molar-refractivity contribution in [2.24, 2.45) is 0 Å². The number of nitrogens with one attached hydrogen (secondary N) is 1. The number of hydrogen-bond donors (Lipinski definition) is 2. The average molecular weight is 263 g/mol. The monoisotopic (exact) mass is 263 g/mol. The molecule has 0 fully saturated rings. The van der Waals surface area contributed by atoms with E-state index in [-0.39, 0.29) is 11.4 Å². The van der Waals surface area contributed by atoms with E-state index >= 15 is 0 Å². The maximum Gasteiger partial charge on any atom is 0.251 e. The first-order chi connectivity index (χ1) is 8.26. The highest BCUT2D eigenvalue weighted by Crippen LogP contribution is 2.27. The van der Waals surface area contributed by atoms with Crippen LogP contribution in [0, 0.1) is 6.92 Å². The predicted octanol–water partition coefficient (Wildman–Crippen LogP) is 2.72. The van der Waals surface area contributed by atoms with Gasteiger partial charge in [0.25, 0.3) is 5.91 Å². The van der Waals surface area contributed by atoms with E-state index in [1.807, 2.05) is 39.8 Å². The van der Waals surface area contributed by atoms with Gasteiger partial charge >= 0.3 is 0 Å². The first kappa shape index (κ1) is 12.8. The van der Waals surface area contributed by atoms with Crippen molar-refractivity contribution in [3.8, 4) is 0 Å². The van der Waals surface area contributed by atoms with Crippen molar-refractivity contribution in [3.05, 3.63) is 23.3 Å². The normalized spacial score (nSPS) is 11.8. The van der Waals surface area contributed by atoms with Gasteiger partial charge in [-0.15, -0.1) is 0 Å². The Morgan fingerprint density at radius 1 is 1.39 bits per heavy atom. The lowest BCUT2D eigenvalue weighted by Crippen LogP contribution is -2.40. The van der Waals surface area contributed by atoms with Crippen molar-refractivity contribution >= 4 is 32.6 Å². The molecule has 0 radical (unpaired) electrons. The number of benzene rings is 1. The number of nitrogens with two attached hydrogens (primary N) is 1. The van der Waals surface area contributed by atoms with Crippen molar-refractivity contribution in [2.75, 3.05) is 5.73 Å². The number of rotatable bonds is 1. The van der Waals surface area contributed by atoms with Gasteiger partial charge in [0, 0.05) is 11.1 Å². The van der Waals surface area contributed by atoms with Gasteiger partial charge in [0.2, 0.25) is 0 Å². The SMILES string of the molecule is Cc1cc(C(=O)NC(C)(C)C)cc2sc(N)nc12. The van der Waals surface area contributed by atoms with Crippen LogP contribution in [0.3, 0.4) is 0 Å². The van der Waals surface area contributed by atoms with Gasteiger partial charge in [0.1, 0.15) is 0 Å². The average Bonchev–Trinajstić information content (AvgIpc) is 2.56. The van der Waals surface area contributed by atoms with E-state index in [4.69, 9.17) is 5.73 Å². The number of carbonyl (C=O) groups is 1. The maximum atomic E-state index is 12.1. The van der Waals surface area contributed by atoms with E-state index in [2.05, 4.69) is 10.3 Å². The van der Waals surface area contributed by atoms with Crippen LogP contribution in [0.2, 0.25) is 0 Å². The molecule has 0 bridgehead atoms. The summed E-state index contributed by atoms with van der Waals surface area (Å²) in [5, 5.41) is 3.48. The standard InChI is InChI=1S/C13H17N3OS/c1-7-5-8(11(17)16-13(2,3)4)6-9-10(7)15-12(14)18-9/h5-6H,1-4H3,(H2,14,15)(H,16,17). The second-order valence-electron chi connectivity index (χ2n) is 5.40. The molecule has 5 heteroatoms. The molecular weight excluding hydrogens is 246 g/mol. The number of amides is 1. The minimum atomic E-state index is -0.243. The third-order valence-electron chi connectivity index (χ3n) is 2.45. The number of fused-ring (bicyclic) bond motifs is 1. The fourth-order valence-electron chi connectivity index (χ4n) is 1.76. The van der Waals surface area contributed by atoms with E-state index in [0.717, 1.165) is 15.8 Å². The lowest BCUT2D eigenvalue weighted by molar-refractivity contribution is 0.0919. The summed E-state index contributed by atoms with van der Waals surface area (Å²) in [5.41, 5.74) is 7.95. The molecule has 0 spiro atoms. The van der Waals surface area contributed by atoms with E-state index in [0.29, 0.717) is 10.7 Å². The second kappa shape index (κ2) is 4.24. The van der Waals surface area contributed by atoms with Gasteiger partial charge in [-0.1, -0.05) is 11.3 Å². The van der Waals surface area contributed by atoms with Crippen molar-refractivity contribution in [1.29, 1.82) is 0 Å². The maximum absolute atomic E-state index is 12.1. The molecule has 3 N–H and O–H groups in total. The number of nitrogens with zero attached hydrogens (tertiary/aromatic N) is 1. The number of aromatic nitrogens is 1. The zero-order valence-electron chi connectivity index (χ0n) is 11.0. The van der Waals surface area contributed by atoms with E-state index in [1.54, 1.807) is 0 Å². The number of anilines is 1. The topological polar surface area (TPSA) is 68.0 Å². The molecule has 2 aromatic rings. The van der Waals surface area contributed by atoms with E-state index in [1.165, 1.54) is 11.3 Å². The van der Waals surface area contributed by atoms with E-state index < -0.39 is 0 Å². The van der Waals surface area contributed by atoms with Crippen LogP contribution in [0.5, 0.6) is 0 Å². The lowest BCUT2D eigenvalue weighted by Gasteiger charge is -2.20. The molecule has 0 unspecified atom stereocenters. The van der Waals surface area contributed by atoms with Gasteiger partial charge in [-0.25, -0.2) is 4.98 Å². The van der Waals surface area contributed by atoms with Crippen LogP contribution in [0.25, 0.3) is 10.2 Å². The Hall–Kier alpha value is -1.62. The quantitative estimate of drug-likeness (QED) is 0.831. The molecule has 18 heavy (non-hydrogen) atoms. The Morgan fingerprint density at radius 3 is 2.67 bits per heavy atom. The molecule has 1 amide bonds. The molecule has 1 aromatic carbocycles. The van der Waals surface area contributed by atoms with Gasteiger partial charge in [0.15, 0.2) is 5.13 Å². The summed E-state index contributed by atoms with van der Waals surface area (Å²) >= 11 is 1.40. The van der Waals surface area contributed by atoms with Crippen LogP contribution in [0.1, 0.15) is 36.7 Å². The molecule has 0 saturated heterocycles. The number of hydrogen-bond acceptors (Lipinski definition) is 4. The Kier molecular flexibility index (Phi) is 3.02. The highest BCUT2D eigenvalue weighted by molar-refractivity contribution is 7.22. The Labute approximate surface area is 110 Å². The zero-order chi connectivity index (χ0) is 13.5. The summed E-state index contributed by atoms with van der Waals surface area (Å²) in [7, 11) is 0. The number of aryl methyl sites for hydroxylation is 1. The summed E-state index contributed by atoms with van der Waals surface area (Å²) in [6, 6.07) is 3.69. The largest absolute Gasteiger partial charge is 0.375 e. The van der Waals surface area contributed by atoms with Gasteiger partial charge in [-0.05, 0) is 45.4 Å². The van der Waals surface area contributed by atoms with Gasteiger partial charge in [0.05, 0.1) is 10.2 Å². The Balaban J connectivity index is 2.43. The van der Waals surface area contributed by atoms with Crippen LogP contribution in [-0.4, -0.2) is 16.4 Å². The molecule has 0 saturated carbocycles. The fourth-order valence-corrected chi connectivity index (χ4v) is 2.61. The molecule has 0 aliphatic rings. The summed E-state index contributed by atoms with van der Waals surface area (Å²) in [6.07, 6.45) is 0. The van der Waals surface area contributed by atoms with Gasteiger partial charge < -0.3 is 11.1 Å². The first-order valence-corrected chi connectivity index (χ1v) is 6.57. The van der Waals surface area contributed by atoms with Crippen molar-refractivity contribution in [3.63, 3.8) is 0 Å². The van der Waals surface area contributed by atoms with Crippen LogP contribution in [0.15, 0.2) is 12.1 Å². The molecule has 96 valence electrons. The third kappa shape index (κ3) is 2.61. The summed E-state index contributed by atoms with van der Waals surface area (Å²) in [5.74, 6) is -0.0699. The third-order valence-corrected chi connectivity index (χ3v) is 3.28. The minimum Gasteiger partial charge on any atom is -0.375 e.